The molecule has 0 fully saturated rings. The highest BCUT2D eigenvalue weighted by Gasteiger charge is 2.43. The van der Waals surface area contributed by atoms with E-state index in [0.29, 0.717) is 11.3 Å². The first kappa shape index (κ1) is 18.3. The van der Waals surface area contributed by atoms with Crippen LogP contribution in [0.4, 0.5) is 10.5 Å². The molecule has 3 aromatic carbocycles. The van der Waals surface area contributed by atoms with E-state index in [2.05, 4.69) is 0 Å². The van der Waals surface area contributed by atoms with Gasteiger partial charge in [-0.2, -0.15) is 0 Å². The van der Waals surface area contributed by atoms with Crippen molar-refractivity contribution in [3.8, 4) is 0 Å². The minimum Gasteiger partial charge on any atom is -0.444 e. The summed E-state index contributed by atoms with van der Waals surface area (Å²) in [6, 6.07) is 25.1. The number of hydrogen-bond acceptors (Lipinski definition) is 3. The van der Waals surface area contributed by atoms with Crippen molar-refractivity contribution >= 4 is 29.2 Å². The summed E-state index contributed by atoms with van der Waals surface area (Å²) in [7, 11) is 0. The molecular weight excluding hydrogens is 374 g/mol. The van der Waals surface area contributed by atoms with E-state index in [0.717, 1.165) is 11.1 Å². The molecule has 0 saturated heterocycles. The van der Waals surface area contributed by atoms with Crippen LogP contribution < -0.4 is 4.90 Å². The van der Waals surface area contributed by atoms with Crippen LogP contribution in [0.2, 0.25) is 0 Å². The number of anilines is 1. The maximum Gasteiger partial charge on any atom is 0.415 e. The minimum atomic E-state index is -0.901. The summed E-state index contributed by atoms with van der Waals surface area (Å²) in [5, 5.41) is -0.901. The number of carbonyl (C=O) groups is 2. The number of alkyl halides is 1. The second-order valence-electron chi connectivity index (χ2n) is 6.55. The Labute approximate surface area is 168 Å². The van der Waals surface area contributed by atoms with Crippen molar-refractivity contribution in [1.82, 2.24) is 0 Å². The molecule has 1 aliphatic heterocycles. The van der Waals surface area contributed by atoms with Crippen LogP contribution in [0.1, 0.15) is 27.5 Å². The van der Waals surface area contributed by atoms with Crippen LogP contribution in [0.3, 0.4) is 0 Å². The van der Waals surface area contributed by atoms with Crippen LogP contribution in [-0.4, -0.2) is 17.3 Å². The van der Waals surface area contributed by atoms with Gasteiger partial charge >= 0.3 is 6.09 Å². The number of carbonyl (C=O) groups excluding carboxylic acids is 2. The fraction of sp³-hybridized carbons (Fsp3) is 0.130. The quantitative estimate of drug-likeness (QED) is 0.563. The molecule has 3 aromatic rings. The summed E-state index contributed by atoms with van der Waals surface area (Å²) >= 11 is 6.55. The number of amides is 1. The van der Waals surface area contributed by atoms with E-state index >= 15 is 0 Å². The fourth-order valence-corrected chi connectivity index (χ4v) is 3.81. The Kier molecular flexibility index (Phi) is 5.13. The number of benzene rings is 3. The lowest BCUT2D eigenvalue weighted by atomic mass is 9.90. The van der Waals surface area contributed by atoms with Gasteiger partial charge in [0, 0.05) is 5.56 Å². The normalized spacial score (nSPS) is 18.5. The molecule has 1 heterocycles. The molecule has 0 aliphatic carbocycles. The first-order valence-electron chi connectivity index (χ1n) is 8.99. The minimum absolute atomic E-state index is 0.140. The van der Waals surface area contributed by atoms with E-state index < -0.39 is 17.5 Å². The van der Waals surface area contributed by atoms with Crippen LogP contribution in [0.15, 0.2) is 84.9 Å². The lowest BCUT2D eigenvalue weighted by molar-refractivity contribution is 0.0966. The summed E-state index contributed by atoms with van der Waals surface area (Å²) in [5.74, 6) is -0.196. The van der Waals surface area contributed by atoms with Crippen LogP contribution in [0.25, 0.3) is 0 Å². The molecule has 5 heteroatoms. The van der Waals surface area contributed by atoms with Crippen molar-refractivity contribution in [2.75, 3.05) is 4.90 Å². The van der Waals surface area contributed by atoms with Crippen LogP contribution in [0.5, 0.6) is 0 Å². The highest BCUT2D eigenvalue weighted by molar-refractivity contribution is 6.36. The third-order valence-electron chi connectivity index (χ3n) is 4.78. The smallest absolute Gasteiger partial charge is 0.415 e. The molecule has 1 aliphatic rings. The highest BCUT2D eigenvalue weighted by atomic mass is 35.5. The van der Waals surface area contributed by atoms with E-state index in [1.807, 2.05) is 60.7 Å². The number of ether oxygens (including phenoxy) is 1. The van der Waals surface area contributed by atoms with Gasteiger partial charge in [-0.15, -0.1) is 11.6 Å². The second-order valence-corrected chi connectivity index (χ2v) is 7.02. The van der Waals surface area contributed by atoms with Crippen molar-refractivity contribution in [1.29, 1.82) is 0 Å². The molecule has 0 bridgehead atoms. The Bertz CT molecular complexity index is 991. The van der Waals surface area contributed by atoms with Gasteiger partial charge < -0.3 is 4.74 Å². The van der Waals surface area contributed by atoms with Gasteiger partial charge in [0.05, 0.1) is 11.7 Å². The van der Waals surface area contributed by atoms with Gasteiger partial charge in [0.25, 0.3) is 0 Å². The molecule has 2 atom stereocenters. The molecule has 0 N–H and O–H groups in total. The van der Waals surface area contributed by atoms with E-state index in [1.165, 1.54) is 4.90 Å². The van der Waals surface area contributed by atoms with Crippen LogP contribution >= 0.6 is 11.6 Å². The number of hydrogen-bond donors (Lipinski definition) is 0. The van der Waals surface area contributed by atoms with Gasteiger partial charge in [-0.05, 0) is 23.3 Å². The molecule has 0 saturated carbocycles. The first-order valence-corrected chi connectivity index (χ1v) is 9.42. The van der Waals surface area contributed by atoms with Crippen molar-refractivity contribution in [3.63, 3.8) is 0 Å². The van der Waals surface area contributed by atoms with Gasteiger partial charge in [0.15, 0.2) is 5.78 Å². The van der Waals surface area contributed by atoms with Gasteiger partial charge in [-0.25, -0.2) is 4.79 Å². The summed E-state index contributed by atoms with van der Waals surface area (Å²) in [4.78, 5) is 27.4. The molecule has 140 valence electrons. The molecule has 1 amide bonds. The zero-order valence-corrected chi connectivity index (χ0v) is 15.8. The molecule has 0 spiro atoms. The van der Waals surface area contributed by atoms with E-state index in [-0.39, 0.29) is 12.4 Å². The monoisotopic (exact) mass is 391 g/mol. The average Bonchev–Trinajstić information content (AvgIpc) is 2.75. The largest absolute Gasteiger partial charge is 0.444 e. The maximum atomic E-state index is 13.1. The summed E-state index contributed by atoms with van der Waals surface area (Å²) in [6.07, 6.45) is -0.539. The SMILES string of the molecule is O=C1c2ccccc2N(C(=O)OCc2ccccc2)[C@H](c2ccccc2)[C@H]1Cl. The lowest BCUT2D eigenvalue weighted by Crippen LogP contribution is -2.46. The van der Waals surface area contributed by atoms with Crippen LogP contribution in [0, 0.1) is 0 Å². The topological polar surface area (TPSA) is 46.6 Å². The standard InChI is InChI=1S/C23H18ClNO3/c24-20-21(17-11-5-2-6-12-17)25(19-14-8-7-13-18(19)22(20)26)23(27)28-15-16-9-3-1-4-10-16/h1-14,20-21H,15H2/t20-,21-/m1/s1. The lowest BCUT2D eigenvalue weighted by Gasteiger charge is -2.38. The van der Waals surface area contributed by atoms with Gasteiger partial charge in [0.1, 0.15) is 12.0 Å². The number of ketones is 1. The van der Waals surface area contributed by atoms with Crippen molar-refractivity contribution in [3.05, 3.63) is 102 Å². The highest BCUT2D eigenvalue weighted by Crippen LogP contribution is 2.41. The number of rotatable bonds is 3. The maximum absolute atomic E-state index is 13.1. The molecular formula is C23H18ClNO3. The summed E-state index contributed by atoms with van der Waals surface area (Å²) in [5.41, 5.74) is 2.60. The molecule has 28 heavy (non-hydrogen) atoms. The van der Waals surface area contributed by atoms with Gasteiger partial charge in [-0.1, -0.05) is 72.8 Å². The molecule has 0 aromatic heterocycles. The van der Waals surface area contributed by atoms with E-state index in [1.54, 1.807) is 24.3 Å². The third-order valence-corrected chi connectivity index (χ3v) is 5.21. The molecule has 4 nitrogen and oxygen atoms in total. The number of nitrogens with zero attached hydrogens (tertiary/aromatic N) is 1. The molecule has 4 rings (SSSR count). The average molecular weight is 392 g/mol. The first-order chi connectivity index (χ1) is 13.7. The van der Waals surface area contributed by atoms with Crippen molar-refractivity contribution in [2.24, 2.45) is 0 Å². The summed E-state index contributed by atoms with van der Waals surface area (Å²) < 4.78 is 5.58. The van der Waals surface area contributed by atoms with Gasteiger partial charge in [0.2, 0.25) is 0 Å². The Morgan fingerprint density at radius 3 is 2.21 bits per heavy atom. The Morgan fingerprint density at radius 2 is 1.50 bits per heavy atom. The van der Waals surface area contributed by atoms with Crippen LogP contribution in [-0.2, 0) is 11.3 Å². The predicted octanol–water partition coefficient (Wildman–Crippen LogP) is 5.37. The van der Waals surface area contributed by atoms with E-state index in [4.69, 9.17) is 16.3 Å². The summed E-state index contributed by atoms with van der Waals surface area (Å²) in [6.45, 7) is 0.140. The second kappa shape index (κ2) is 7.87. The number of Topliss-reactive ketones (excluding diaryl/α,β-unsaturated/α-hetero) is 1. The van der Waals surface area contributed by atoms with Crippen molar-refractivity contribution in [2.45, 2.75) is 18.0 Å². The van der Waals surface area contributed by atoms with Gasteiger partial charge in [-0.3, -0.25) is 9.69 Å². The molecule has 0 unspecified atom stereocenters. The predicted molar refractivity (Wildman–Crippen MR) is 109 cm³/mol. The number of para-hydroxylation sites is 1. The van der Waals surface area contributed by atoms with Crippen molar-refractivity contribution < 1.29 is 14.3 Å². The Balaban J connectivity index is 1.72. The fourth-order valence-electron chi connectivity index (χ4n) is 3.43. The third kappa shape index (κ3) is 3.39. The van der Waals surface area contributed by atoms with E-state index in [9.17, 15) is 9.59 Å². The Hall–Kier alpha value is -3.11. The number of halogens is 1. The molecule has 0 radical (unpaired) electrons. The zero-order valence-electron chi connectivity index (χ0n) is 15.0. The zero-order chi connectivity index (χ0) is 19.5. The Morgan fingerprint density at radius 1 is 0.893 bits per heavy atom. The number of fused-ring (bicyclic) bond motifs is 1.